The molecule has 21 heavy (non-hydrogen) atoms. The van der Waals surface area contributed by atoms with Gasteiger partial charge in [-0.05, 0) is 37.5 Å². The fourth-order valence-corrected chi connectivity index (χ4v) is 2.93. The van der Waals surface area contributed by atoms with Crippen molar-refractivity contribution in [3.63, 3.8) is 0 Å². The maximum atomic E-state index is 12.6. The highest BCUT2D eigenvalue weighted by atomic mass is 79.9. The lowest BCUT2D eigenvalue weighted by atomic mass is 10.0. The molecule has 2 rings (SSSR count). The molecule has 0 saturated carbocycles. The summed E-state index contributed by atoms with van der Waals surface area (Å²) in [4.78, 5) is 25.9. The summed E-state index contributed by atoms with van der Waals surface area (Å²) in [6.45, 7) is 5.19. The van der Waals surface area contributed by atoms with Crippen LogP contribution in [0.15, 0.2) is 22.7 Å². The van der Waals surface area contributed by atoms with Crippen molar-refractivity contribution >= 4 is 27.7 Å². The smallest absolute Gasteiger partial charge is 0.254 e. The summed E-state index contributed by atoms with van der Waals surface area (Å²) >= 11 is 3.46. The fourth-order valence-electron chi connectivity index (χ4n) is 2.57. The Labute approximate surface area is 134 Å². The highest BCUT2D eigenvalue weighted by molar-refractivity contribution is 9.10. The zero-order chi connectivity index (χ0) is 15.4. The first kappa shape index (κ1) is 16.0. The van der Waals surface area contributed by atoms with Crippen molar-refractivity contribution in [1.82, 2.24) is 10.2 Å². The molecule has 5 heteroatoms. The largest absolute Gasteiger partial charge is 0.353 e. The van der Waals surface area contributed by atoms with Gasteiger partial charge < -0.3 is 10.2 Å². The lowest BCUT2D eigenvalue weighted by molar-refractivity contribution is -0.121. The third kappa shape index (κ3) is 3.84. The molecule has 0 aromatic heterocycles. The maximum Gasteiger partial charge on any atom is 0.254 e. The standard InChI is InChI=1S/C16H21BrN2O2/c1-3-15(20)18-12-7-9-19(10-8-12)16(21)13-5-4-6-14(17)11(13)2/h4-6,12H,3,7-10H2,1-2H3,(H,18,20). The molecule has 1 aromatic carbocycles. The summed E-state index contributed by atoms with van der Waals surface area (Å²) in [7, 11) is 0. The van der Waals surface area contributed by atoms with E-state index in [0.29, 0.717) is 19.5 Å². The summed E-state index contributed by atoms with van der Waals surface area (Å²) < 4.78 is 0.957. The second-order valence-electron chi connectivity index (χ2n) is 5.40. The normalized spacial score (nSPS) is 15.9. The van der Waals surface area contributed by atoms with Crippen LogP contribution >= 0.6 is 15.9 Å². The van der Waals surface area contributed by atoms with Gasteiger partial charge in [-0.1, -0.05) is 28.9 Å². The van der Waals surface area contributed by atoms with E-state index in [2.05, 4.69) is 21.2 Å². The minimum absolute atomic E-state index is 0.0778. The molecule has 1 fully saturated rings. The Balaban J connectivity index is 1.97. The number of likely N-dealkylation sites (tertiary alicyclic amines) is 1. The number of benzene rings is 1. The van der Waals surface area contributed by atoms with Crippen LogP contribution in [-0.4, -0.2) is 35.8 Å². The lowest BCUT2D eigenvalue weighted by Crippen LogP contribution is -2.46. The Bertz CT molecular complexity index is 537. The van der Waals surface area contributed by atoms with Gasteiger partial charge in [0.1, 0.15) is 0 Å². The monoisotopic (exact) mass is 352 g/mol. The van der Waals surface area contributed by atoms with Crippen LogP contribution in [-0.2, 0) is 4.79 Å². The lowest BCUT2D eigenvalue weighted by Gasteiger charge is -2.32. The van der Waals surface area contributed by atoms with Crippen LogP contribution in [0.5, 0.6) is 0 Å². The van der Waals surface area contributed by atoms with Crippen LogP contribution in [0, 0.1) is 6.92 Å². The number of hydrogen-bond acceptors (Lipinski definition) is 2. The van der Waals surface area contributed by atoms with Gasteiger partial charge in [-0.2, -0.15) is 0 Å². The van der Waals surface area contributed by atoms with Crippen LogP contribution < -0.4 is 5.32 Å². The summed E-state index contributed by atoms with van der Waals surface area (Å²) in [5, 5.41) is 3.00. The van der Waals surface area contributed by atoms with E-state index in [0.717, 1.165) is 28.4 Å². The Kier molecular flexibility index (Phi) is 5.39. The predicted octanol–water partition coefficient (Wildman–Crippen LogP) is 2.89. The molecule has 114 valence electrons. The van der Waals surface area contributed by atoms with E-state index in [1.165, 1.54) is 0 Å². The quantitative estimate of drug-likeness (QED) is 0.909. The second-order valence-corrected chi connectivity index (χ2v) is 6.25. The minimum atomic E-state index is 0.0778. The average molecular weight is 353 g/mol. The second kappa shape index (κ2) is 7.07. The molecule has 0 spiro atoms. The van der Waals surface area contributed by atoms with Crippen LogP contribution in [0.2, 0.25) is 0 Å². The predicted molar refractivity (Wildman–Crippen MR) is 86.2 cm³/mol. The van der Waals surface area contributed by atoms with E-state index in [4.69, 9.17) is 0 Å². The Morgan fingerprint density at radius 3 is 2.62 bits per heavy atom. The van der Waals surface area contributed by atoms with E-state index < -0.39 is 0 Å². The molecule has 1 aromatic rings. The van der Waals surface area contributed by atoms with Crippen molar-refractivity contribution in [1.29, 1.82) is 0 Å². The molecule has 0 radical (unpaired) electrons. The molecular weight excluding hydrogens is 332 g/mol. The Morgan fingerprint density at radius 1 is 1.33 bits per heavy atom. The van der Waals surface area contributed by atoms with Crippen molar-refractivity contribution in [3.8, 4) is 0 Å². The van der Waals surface area contributed by atoms with Crippen LogP contribution in [0.4, 0.5) is 0 Å². The number of piperidine rings is 1. The zero-order valence-electron chi connectivity index (χ0n) is 12.5. The van der Waals surface area contributed by atoms with Crippen LogP contribution in [0.3, 0.4) is 0 Å². The highest BCUT2D eigenvalue weighted by Gasteiger charge is 2.25. The molecule has 1 aliphatic heterocycles. The highest BCUT2D eigenvalue weighted by Crippen LogP contribution is 2.22. The first-order valence-corrected chi connectivity index (χ1v) is 8.16. The van der Waals surface area contributed by atoms with Gasteiger partial charge in [0.2, 0.25) is 5.91 Å². The number of rotatable bonds is 3. The summed E-state index contributed by atoms with van der Waals surface area (Å²) in [6, 6.07) is 5.90. The molecule has 0 bridgehead atoms. The van der Waals surface area contributed by atoms with Gasteiger partial charge >= 0.3 is 0 Å². The first-order valence-electron chi connectivity index (χ1n) is 7.36. The van der Waals surface area contributed by atoms with E-state index in [1.54, 1.807) is 0 Å². The van der Waals surface area contributed by atoms with Crippen LogP contribution in [0.25, 0.3) is 0 Å². The van der Waals surface area contributed by atoms with Crippen molar-refractivity contribution < 1.29 is 9.59 Å². The van der Waals surface area contributed by atoms with Gasteiger partial charge in [0.05, 0.1) is 0 Å². The Morgan fingerprint density at radius 2 is 2.00 bits per heavy atom. The van der Waals surface area contributed by atoms with Gasteiger partial charge in [0.25, 0.3) is 5.91 Å². The fraction of sp³-hybridized carbons (Fsp3) is 0.500. The maximum absolute atomic E-state index is 12.6. The number of halogens is 1. The van der Waals surface area contributed by atoms with E-state index >= 15 is 0 Å². The molecule has 1 saturated heterocycles. The minimum Gasteiger partial charge on any atom is -0.353 e. The van der Waals surface area contributed by atoms with Gasteiger partial charge in [-0.15, -0.1) is 0 Å². The molecule has 0 unspecified atom stereocenters. The molecule has 1 N–H and O–H groups in total. The molecule has 1 heterocycles. The van der Waals surface area contributed by atoms with Gasteiger partial charge in [-0.3, -0.25) is 9.59 Å². The third-order valence-corrected chi connectivity index (χ3v) is 4.83. The molecule has 0 atom stereocenters. The van der Waals surface area contributed by atoms with Crippen LogP contribution in [0.1, 0.15) is 42.1 Å². The van der Waals surface area contributed by atoms with E-state index in [9.17, 15) is 9.59 Å². The number of amides is 2. The van der Waals surface area contributed by atoms with E-state index in [1.807, 2.05) is 36.9 Å². The first-order chi connectivity index (χ1) is 10.0. The summed E-state index contributed by atoms with van der Waals surface area (Å²) in [6.07, 6.45) is 2.16. The molecule has 1 aliphatic rings. The number of nitrogens with one attached hydrogen (secondary N) is 1. The zero-order valence-corrected chi connectivity index (χ0v) is 14.1. The summed E-state index contributed by atoms with van der Waals surface area (Å²) in [5.74, 6) is 0.164. The molecule has 2 amide bonds. The SMILES string of the molecule is CCC(=O)NC1CCN(C(=O)c2cccc(Br)c2C)CC1. The Hall–Kier alpha value is -1.36. The average Bonchev–Trinajstić information content (AvgIpc) is 2.50. The molecule has 0 aliphatic carbocycles. The third-order valence-electron chi connectivity index (χ3n) is 3.97. The number of hydrogen-bond donors (Lipinski definition) is 1. The molecular formula is C16H21BrN2O2. The van der Waals surface area contributed by atoms with Gasteiger partial charge in [-0.25, -0.2) is 0 Å². The van der Waals surface area contributed by atoms with E-state index in [-0.39, 0.29) is 17.9 Å². The summed E-state index contributed by atoms with van der Waals surface area (Å²) in [5.41, 5.74) is 1.73. The van der Waals surface area contributed by atoms with Crippen molar-refractivity contribution in [2.45, 2.75) is 39.2 Å². The van der Waals surface area contributed by atoms with Gasteiger partial charge in [0.15, 0.2) is 0 Å². The van der Waals surface area contributed by atoms with Gasteiger partial charge in [0, 0.05) is 35.6 Å². The number of carbonyl (C=O) groups is 2. The van der Waals surface area contributed by atoms with Crippen molar-refractivity contribution in [3.05, 3.63) is 33.8 Å². The molecule has 4 nitrogen and oxygen atoms in total. The topological polar surface area (TPSA) is 49.4 Å². The van der Waals surface area contributed by atoms with Crippen molar-refractivity contribution in [2.75, 3.05) is 13.1 Å². The number of carbonyl (C=O) groups excluding carboxylic acids is 2. The number of nitrogens with zero attached hydrogens (tertiary/aromatic N) is 1. The van der Waals surface area contributed by atoms with Crippen molar-refractivity contribution in [2.24, 2.45) is 0 Å².